The van der Waals surface area contributed by atoms with Crippen LogP contribution in [0.5, 0.6) is 0 Å². The molecule has 11 heavy (non-hydrogen) atoms. The highest BCUT2D eigenvalue weighted by molar-refractivity contribution is 7.85. The molecule has 1 aromatic heterocycles. The molecule has 0 fully saturated rings. The van der Waals surface area contributed by atoms with Crippen LogP contribution in [-0.2, 0) is 10.1 Å². The fraction of sp³-hybridized carbons (Fsp3) is 0. The van der Waals surface area contributed by atoms with Crippen LogP contribution in [0.3, 0.4) is 0 Å². The molecular formula is C3H4N2O3S3. The summed E-state index contributed by atoms with van der Waals surface area (Å²) in [7, 11) is -4.20. The van der Waals surface area contributed by atoms with Gasteiger partial charge in [0.15, 0.2) is 9.80 Å². The molecule has 0 saturated heterocycles. The van der Waals surface area contributed by atoms with Gasteiger partial charge in [-0.25, -0.2) is 0 Å². The van der Waals surface area contributed by atoms with Gasteiger partial charge >= 0.3 is 10.1 Å². The Bertz CT molecular complexity index is 413. The summed E-state index contributed by atoms with van der Waals surface area (Å²) in [6.07, 6.45) is 1.07. The second-order valence-electron chi connectivity index (χ2n) is 1.74. The molecule has 0 bridgehead atoms. The van der Waals surface area contributed by atoms with E-state index in [1.165, 1.54) is 0 Å². The van der Waals surface area contributed by atoms with Gasteiger partial charge in [-0.05, 0) is 12.2 Å². The largest absolute Gasteiger partial charge is 0.319 e. The summed E-state index contributed by atoms with van der Waals surface area (Å²) < 4.78 is 30.5. The van der Waals surface area contributed by atoms with Gasteiger partial charge in [-0.2, -0.15) is 8.42 Å². The summed E-state index contributed by atoms with van der Waals surface area (Å²) in [5, 5.41) is -0.363. The molecule has 0 aliphatic carbocycles. The number of nitrogens with zero attached hydrogens (tertiary/aromatic N) is 1. The van der Waals surface area contributed by atoms with Crippen molar-refractivity contribution in [3.05, 3.63) is 11.0 Å². The van der Waals surface area contributed by atoms with E-state index in [0.717, 1.165) is 10.2 Å². The summed E-state index contributed by atoms with van der Waals surface area (Å²) >= 11 is 8.35. The minimum absolute atomic E-state index is 0.112. The lowest BCUT2D eigenvalue weighted by atomic mass is 11.0. The Kier molecular flexibility index (Phi) is 2.10. The number of aromatic amines is 1. The highest BCUT2D eigenvalue weighted by Gasteiger charge is 2.11. The van der Waals surface area contributed by atoms with Crippen LogP contribution in [0.1, 0.15) is 0 Å². The maximum Gasteiger partial charge on any atom is 0.311 e. The second-order valence-corrected chi connectivity index (χ2v) is 3.95. The van der Waals surface area contributed by atoms with Gasteiger partial charge in [-0.1, -0.05) is 12.8 Å². The average Bonchev–Trinajstić information content (AvgIpc) is 2.11. The molecule has 1 heterocycles. The molecule has 0 aliphatic rings. The fourth-order valence-corrected chi connectivity index (χ4v) is 1.43. The number of H-pyrrole nitrogens is 1. The van der Waals surface area contributed by atoms with E-state index in [1.54, 1.807) is 0 Å². The van der Waals surface area contributed by atoms with Crippen LogP contribution in [0.15, 0.2) is 11.2 Å². The van der Waals surface area contributed by atoms with Crippen LogP contribution in [0.4, 0.5) is 0 Å². The molecule has 1 aromatic rings. The van der Waals surface area contributed by atoms with Gasteiger partial charge in [0.05, 0.1) is 6.20 Å². The molecule has 0 amide bonds. The molecule has 1 rings (SSSR count). The first kappa shape index (κ1) is 8.78. The molecule has 0 unspecified atom stereocenters. The first-order valence-corrected chi connectivity index (χ1v) is 4.64. The molecule has 8 heteroatoms. The number of aromatic nitrogens is 2. The lowest BCUT2D eigenvalue weighted by Gasteiger charge is -1.85. The third-order valence-corrected chi connectivity index (χ3v) is 2.47. The maximum absolute atomic E-state index is 10.4. The minimum atomic E-state index is -4.20. The molecular weight excluding hydrogens is 208 g/mol. The Hall–Kier alpha value is -0.310. The monoisotopic (exact) mass is 212 g/mol. The highest BCUT2D eigenvalue weighted by Crippen LogP contribution is 2.06. The van der Waals surface area contributed by atoms with E-state index in [9.17, 15) is 8.42 Å². The van der Waals surface area contributed by atoms with Crippen molar-refractivity contribution >= 4 is 35.2 Å². The van der Waals surface area contributed by atoms with E-state index in [2.05, 4.69) is 30.0 Å². The van der Waals surface area contributed by atoms with E-state index in [-0.39, 0.29) is 9.80 Å². The zero-order chi connectivity index (χ0) is 8.65. The maximum atomic E-state index is 10.4. The van der Waals surface area contributed by atoms with Gasteiger partial charge in [-0.3, -0.25) is 8.53 Å². The molecule has 62 valence electrons. The van der Waals surface area contributed by atoms with Gasteiger partial charge in [0.2, 0.25) is 0 Å². The molecule has 0 spiro atoms. The minimum Gasteiger partial charge on any atom is -0.319 e. The number of rotatable bonds is 1. The van der Waals surface area contributed by atoms with Crippen molar-refractivity contribution in [3.63, 3.8) is 0 Å². The van der Waals surface area contributed by atoms with E-state index in [0.29, 0.717) is 0 Å². The lowest BCUT2D eigenvalue weighted by molar-refractivity contribution is 0.480. The van der Waals surface area contributed by atoms with Crippen molar-refractivity contribution in [3.8, 4) is 0 Å². The van der Waals surface area contributed by atoms with E-state index in [4.69, 9.17) is 4.55 Å². The number of imidazole rings is 1. The Labute approximate surface area is 73.3 Å². The van der Waals surface area contributed by atoms with Crippen molar-refractivity contribution in [2.45, 2.75) is 5.03 Å². The summed E-state index contributed by atoms with van der Waals surface area (Å²) in [5.41, 5.74) is 0. The molecule has 0 saturated carbocycles. The third kappa shape index (κ3) is 1.83. The van der Waals surface area contributed by atoms with Crippen LogP contribution in [0.2, 0.25) is 0 Å². The lowest BCUT2D eigenvalue weighted by Crippen LogP contribution is -1.97. The van der Waals surface area contributed by atoms with E-state index >= 15 is 0 Å². The zero-order valence-corrected chi connectivity index (χ0v) is 7.58. The molecule has 0 aromatic carbocycles. The normalized spacial score (nSPS) is 11.8. The highest BCUT2D eigenvalue weighted by atomic mass is 32.2. The molecule has 0 atom stereocenters. The Morgan fingerprint density at radius 3 is 2.45 bits per heavy atom. The molecule has 2 N–H and O–H groups in total. The Morgan fingerprint density at radius 2 is 2.27 bits per heavy atom. The quantitative estimate of drug-likeness (QED) is 0.360. The number of hydrogen-bond donors (Lipinski definition) is 3. The summed E-state index contributed by atoms with van der Waals surface area (Å²) in [6, 6.07) is 0. The van der Waals surface area contributed by atoms with E-state index in [1.807, 2.05) is 0 Å². The topological polar surface area (TPSA) is 75.1 Å². The predicted molar refractivity (Wildman–Crippen MR) is 43.8 cm³/mol. The van der Waals surface area contributed by atoms with Gasteiger partial charge in [0, 0.05) is 0 Å². The second kappa shape index (κ2) is 2.63. The van der Waals surface area contributed by atoms with Crippen LogP contribution in [-0.4, -0.2) is 21.9 Å². The molecule has 0 radical (unpaired) electrons. The van der Waals surface area contributed by atoms with Crippen LogP contribution < -0.4 is 0 Å². The van der Waals surface area contributed by atoms with Gasteiger partial charge in [-0.15, -0.1) is 0 Å². The van der Waals surface area contributed by atoms with Crippen LogP contribution in [0.25, 0.3) is 0 Å². The SMILES string of the molecule is O=S(=O)(O)c1cn(S)c(=S)[nH]1. The summed E-state index contributed by atoms with van der Waals surface area (Å²) in [5.74, 6) is 0. The smallest absolute Gasteiger partial charge is 0.311 e. The third-order valence-electron chi connectivity index (χ3n) is 0.956. The van der Waals surface area contributed by atoms with Gasteiger partial charge in [0.1, 0.15) is 0 Å². The number of nitrogens with one attached hydrogen (secondary N) is 1. The first-order chi connectivity index (χ1) is 4.91. The van der Waals surface area contributed by atoms with Crippen molar-refractivity contribution < 1.29 is 13.0 Å². The van der Waals surface area contributed by atoms with Crippen LogP contribution in [0, 0.1) is 4.77 Å². The molecule has 0 aliphatic heterocycles. The number of hydrogen-bond acceptors (Lipinski definition) is 4. The first-order valence-electron chi connectivity index (χ1n) is 2.39. The summed E-state index contributed by atoms with van der Waals surface area (Å²) in [6.45, 7) is 0. The molecule has 5 nitrogen and oxygen atoms in total. The standard InChI is InChI=1S/C3H4N2O3S3/c6-11(7,8)2-1-5(10)3(9)4-2/h1,10H,(H,4,9)(H,6,7,8). The zero-order valence-electron chi connectivity index (χ0n) is 5.05. The van der Waals surface area contributed by atoms with E-state index < -0.39 is 10.1 Å². The van der Waals surface area contributed by atoms with Gasteiger partial charge in [0.25, 0.3) is 0 Å². The van der Waals surface area contributed by atoms with Crippen molar-refractivity contribution in [2.24, 2.45) is 0 Å². The van der Waals surface area contributed by atoms with Crippen molar-refractivity contribution in [1.29, 1.82) is 0 Å². The Balaban J connectivity index is 3.41. The summed E-state index contributed by atoms with van der Waals surface area (Å²) in [4.78, 5) is 2.25. The fourth-order valence-electron chi connectivity index (χ4n) is 0.496. The average molecular weight is 212 g/mol. The van der Waals surface area contributed by atoms with Gasteiger partial charge < -0.3 is 4.98 Å². The number of thiol groups is 1. The van der Waals surface area contributed by atoms with Crippen molar-refractivity contribution in [1.82, 2.24) is 8.96 Å². The van der Waals surface area contributed by atoms with Crippen LogP contribution >= 0.6 is 25.0 Å². The van der Waals surface area contributed by atoms with Crippen molar-refractivity contribution in [2.75, 3.05) is 0 Å². The predicted octanol–water partition coefficient (Wildman–Crippen LogP) is 0.485. The Morgan fingerprint density at radius 1 is 1.73 bits per heavy atom.